The second-order valence-corrected chi connectivity index (χ2v) is 9.82. The molecule has 3 rings (SSSR count). The highest BCUT2D eigenvalue weighted by Gasteiger charge is 2.38. The molecule has 1 aliphatic heterocycles. The fraction of sp³-hybridized carbons (Fsp3) is 0.500. The molecule has 3 N–H and O–H groups in total. The van der Waals surface area contributed by atoms with Gasteiger partial charge in [-0.15, -0.1) is 22.7 Å². The van der Waals surface area contributed by atoms with Gasteiger partial charge in [-0.3, -0.25) is 5.32 Å². The summed E-state index contributed by atoms with van der Waals surface area (Å²) in [7, 11) is 0. The number of carbonyl (C=O) groups excluding carboxylic acids is 2. The number of esters is 1. The minimum atomic E-state index is -4.48. The molecule has 3 heterocycles. The molecule has 1 aliphatic rings. The van der Waals surface area contributed by atoms with Crippen molar-refractivity contribution in [1.82, 2.24) is 10.6 Å². The van der Waals surface area contributed by atoms with Crippen molar-refractivity contribution in [1.29, 1.82) is 0 Å². The van der Waals surface area contributed by atoms with Crippen LogP contribution in [-0.4, -0.2) is 24.6 Å². The summed E-state index contributed by atoms with van der Waals surface area (Å²) in [5.41, 5.74) is 1.73. The molecular weight excluding hydrogens is 451 g/mol. The molecule has 0 aliphatic carbocycles. The van der Waals surface area contributed by atoms with Crippen LogP contribution in [0.25, 0.3) is 0 Å². The van der Waals surface area contributed by atoms with Crippen LogP contribution in [0.2, 0.25) is 0 Å². The van der Waals surface area contributed by atoms with Gasteiger partial charge in [0.1, 0.15) is 9.88 Å². The number of urea groups is 1. The van der Waals surface area contributed by atoms with Gasteiger partial charge in [-0.05, 0) is 57.4 Å². The number of ether oxygens (including phenoxy) is 1. The number of anilines is 1. The summed E-state index contributed by atoms with van der Waals surface area (Å²) in [4.78, 5) is 25.7. The predicted molar refractivity (Wildman–Crippen MR) is 115 cm³/mol. The molecule has 6 nitrogen and oxygen atoms in total. The third-order valence-electron chi connectivity index (χ3n) is 4.88. The Morgan fingerprint density at radius 1 is 1.23 bits per heavy atom. The Morgan fingerprint density at radius 2 is 1.94 bits per heavy atom. The molecule has 0 aromatic carbocycles. The molecule has 0 saturated heterocycles. The normalized spacial score (nSPS) is 13.8. The van der Waals surface area contributed by atoms with Crippen molar-refractivity contribution in [3.8, 4) is 0 Å². The number of aryl methyl sites for hydroxylation is 1. The number of amides is 2. The van der Waals surface area contributed by atoms with Gasteiger partial charge in [0.25, 0.3) is 0 Å². The van der Waals surface area contributed by atoms with E-state index in [1.165, 1.54) is 11.3 Å². The first-order chi connectivity index (χ1) is 14.5. The van der Waals surface area contributed by atoms with Crippen molar-refractivity contribution in [3.63, 3.8) is 0 Å². The Kier molecular flexibility index (Phi) is 6.97. The molecule has 11 heteroatoms. The van der Waals surface area contributed by atoms with Gasteiger partial charge in [0.05, 0.1) is 11.7 Å². The van der Waals surface area contributed by atoms with E-state index in [1.807, 2.05) is 6.92 Å². The first-order valence-electron chi connectivity index (χ1n) is 9.76. The Bertz CT molecular complexity index is 996. The van der Waals surface area contributed by atoms with Crippen molar-refractivity contribution < 1.29 is 27.5 Å². The zero-order valence-corrected chi connectivity index (χ0v) is 19.2. The van der Waals surface area contributed by atoms with Crippen molar-refractivity contribution in [3.05, 3.63) is 36.9 Å². The Balaban J connectivity index is 1.77. The molecule has 0 radical (unpaired) electrons. The molecule has 2 amide bonds. The molecule has 0 saturated carbocycles. The molecule has 31 heavy (non-hydrogen) atoms. The number of carbonyl (C=O) groups is 2. The van der Waals surface area contributed by atoms with Gasteiger partial charge in [0.15, 0.2) is 0 Å². The monoisotopic (exact) mass is 475 g/mol. The Hall–Kier alpha value is -2.11. The maximum Gasteiger partial charge on any atom is 0.425 e. The van der Waals surface area contributed by atoms with Crippen molar-refractivity contribution in [2.24, 2.45) is 0 Å². The average molecular weight is 476 g/mol. The van der Waals surface area contributed by atoms with E-state index in [0.717, 1.165) is 16.2 Å². The fourth-order valence-electron chi connectivity index (χ4n) is 3.37. The van der Waals surface area contributed by atoms with E-state index in [4.69, 9.17) is 4.74 Å². The maximum atomic E-state index is 13.5. The molecule has 2 aromatic heterocycles. The van der Waals surface area contributed by atoms with E-state index < -0.39 is 23.1 Å². The van der Waals surface area contributed by atoms with E-state index in [0.29, 0.717) is 40.5 Å². The van der Waals surface area contributed by atoms with Crippen LogP contribution in [0.5, 0.6) is 0 Å². The number of nitrogens with one attached hydrogen (secondary N) is 3. The minimum absolute atomic E-state index is 0.113. The zero-order valence-electron chi connectivity index (χ0n) is 17.6. The lowest BCUT2D eigenvalue weighted by atomic mass is 10.0. The number of rotatable bonds is 5. The van der Waals surface area contributed by atoms with Crippen molar-refractivity contribution >= 4 is 39.7 Å². The molecule has 0 bridgehead atoms. The second kappa shape index (κ2) is 9.17. The van der Waals surface area contributed by atoms with Gasteiger partial charge in [0.2, 0.25) is 0 Å². The van der Waals surface area contributed by atoms with Crippen LogP contribution < -0.4 is 16.0 Å². The number of hydrogen-bond acceptors (Lipinski definition) is 6. The van der Waals surface area contributed by atoms with E-state index in [9.17, 15) is 22.8 Å². The quantitative estimate of drug-likeness (QED) is 0.533. The van der Waals surface area contributed by atoms with Crippen molar-refractivity contribution in [2.45, 2.75) is 59.5 Å². The summed E-state index contributed by atoms with van der Waals surface area (Å²) in [5, 5.41) is 8.51. The minimum Gasteiger partial charge on any atom is -0.459 e. The molecule has 2 aromatic rings. The van der Waals surface area contributed by atoms with Crippen LogP contribution in [0.4, 0.5) is 23.0 Å². The van der Waals surface area contributed by atoms with Gasteiger partial charge in [-0.1, -0.05) is 0 Å². The SMILES string of the molecule is Cc1sc(NC(=O)NCc2c(C(F)(F)F)sc3c2CCNC3)c(C(=O)OC(C)C)c1C. The van der Waals surface area contributed by atoms with Gasteiger partial charge >= 0.3 is 18.2 Å². The van der Waals surface area contributed by atoms with E-state index in [1.54, 1.807) is 20.8 Å². The summed E-state index contributed by atoms with van der Waals surface area (Å²) >= 11 is 1.94. The summed E-state index contributed by atoms with van der Waals surface area (Å²) in [6.45, 7) is 7.76. The summed E-state index contributed by atoms with van der Waals surface area (Å²) in [5.74, 6) is -0.550. The van der Waals surface area contributed by atoms with Gasteiger partial charge in [-0.2, -0.15) is 13.2 Å². The highest BCUT2D eigenvalue weighted by atomic mass is 32.1. The smallest absolute Gasteiger partial charge is 0.425 e. The van der Waals surface area contributed by atoms with Gasteiger partial charge in [-0.25, -0.2) is 9.59 Å². The number of hydrogen-bond donors (Lipinski definition) is 3. The lowest BCUT2D eigenvalue weighted by Gasteiger charge is -2.16. The molecule has 0 spiro atoms. The lowest BCUT2D eigenvalue weighted by Crippen LogP contribution is -2.30. The highest BCUT2D eigenvalue weighted by Crippen LogP contribution is 2.42. The van der Waals surface area contributed by atoms with Gasteiger partial charge < -0.3 is 15.4 Å². The predicted octanol–water partition coefficient (Wildman–Crippen LogP) is 4.98. The van der Waals surface area contributed by atoms with Crippen LogP contribution in [0, 0.1) is 13.8 Å². The van der Waals surface area contributed by atoms with Gasteiger partial charge in [0, 0.05) is 22.8 Å². The van der Waals surface area contributed by atoms with Crippen molar-refractivity contribution in [2.75, 3.05) is 11.9 Å². The Labute approximate surface area is 186 Å². The standard InChI is InChI=1S/C20H24F3N3O3S2/c1-9(2)29-18(27)15-10(3)11(4)30-17(15)26-19(28)25-7-13-12-5-6-24-8-14(12)31-16(13)20(21,22)23/h9,24H,5-8H2,1-4H3,(H2,25,26,28). The largest absolute Gasteiger partial charge is 0.459 e. The number of alkyl halides is 3. The van der Waals surface area contributed by atoms with E-state index >= 15 is 0 Å². The first-order valence-corrected chi connectivity index (χ1v) is 11.4. The highest BCUT2D eigenvalue weighted by molar-refractivity contribution is 7.16. The lowest BCUT2D eigenvalue weighted by molar-refractivity contribution is -0.135. The van der Waals surface area contributed by atoms with Crippen LogP contribution in [0.1, 0.15) is 55.5 Å². The molecule has 0 unspecified atom stereocenters. The molecule has 0 fully saturated rings. The summed E-state index contributed by atoms with van der Waals surface area (Å²) in [6.07, 6.45) is -4.32. The molecular formula is C20H24F3N3O3S2. The topological polar surface area (TPSA) is 79.5 Å². The maximum absolute atomic E-state index is 13.5. The number of thiophene rings is 2. The Morgan fingerprint density at radius 3 is 2.58 bits per heavy atom. The number of fused-ring (bicyclic) bond motifs is 1. The summed E-state index contributed by atoms with van der Waals surface area (Å²) < 4.78 is 45.8. The first kappa shape index (κ1) is 23.6. The number of halogens is 3. The van der Waals surface area contributed by atoms with E-state index in [2.05, 4.69) is 16.0 Å². The molecule has 170 valence electrons. The van der Waals surface area contributed by atoms with Crippen LogP contribution in [0.15, 0.2) is 0 Å². The fourth-order valence-corrected chi connectivity index (χ4v) is 5.61. The van der Waals surface area contributed by atoms with E-state index in [-0.39, 0.29) is 23.8 Å². The second-order valence-electron chi connectivity index (χ2n) is 7.49. The average Bonchev–Trinajstić information content (AvgIpc) is 3.17. The third kappa shape index (κ3) is 5.21. The van der Waals surface area contributed by atoms with Crippen LogP contribution in [-0.2, 0) is 30.4 Å². The zero-order chi connectivity index (χ0) is 22.9. The van der Waals surface area contributed by atoms with Crippen LogP contribution >= 0.6 is 22.7 Å². The van der Waals surface area contributed by atoms with Crippen LogP contribution in [0.3, 0.4) is 0 Å². The molecule has 0 atom stereocenters. The summed E-state index contributed by atoms with van der Waals surface area (Å²) in [6, 6.07) is -0.679. The third-order valence-corrected chi connectivity index (χ3v) is 7.32.